The smallest absolute Gasteiger partial charge is 0.266 e. The highest BCUT2D eigenvalue weighted by Gasteiger charge is 2.19. The summed E-state index contributed by atoms with van der Waals surface area (Å²) in [4.78, 5) is 12.4. The van der Waals surface area contributed by atoms with Crippen LogP contribution in [0.15, 0.2) is 16.9 Å². The van der Waals surface area contributed by atoms with E-state index in [4.69, 9.17) is 0 Å². The van der Waals surface area contributed by atoms with Crippen molar-refractivity contribution < 1.29 is 0 Å². The van der Waals surface area contributed by atoms with Gasteiger partial charge >= 0.3 is 0 Å². The van der Waals surface area contributed by atoms with E-state index in [1.165, 1.54) is 4.68 Å². The summed E-state index contributed by atoms with van der Waals surface area (Å²) in [6, 6.07) is 2.08. The van der Waals surface area contributed by atoms with Gasteiger partial charge in [-0.05, 0) is 37.7 Å². The van der Waals surface area contributed by atoms with Gasteiger partial charge in [-0.2, -0.15) is 10.4 Å². The van der Waals surface area contributed by atoms with Crippen molar-refractivity contribution in [2.24, 2.45) is 0 Å². The molecule has 0 saturated heterocycles. The fourth-order valence-corrected chi connectivity index (χ4v) is 2.63. The molecule has 1 aliphatic rings. The van der Waals surface area contributed by atoms with Gasteiger partial charge in [-0.25, -0.2) is 4.68 Å². The lowest BCUT2D eigenvalue weighted by atomic mass is 10.0. The SMILES string of the molecule is CCc1nn(C2C=CCCC2)c(=O)c(C#N)c1CC. The first kappa shape index (κ1) is 13.5. The Hall–Kier alpha value is -1.89. The zero-order valence-corrected chi connectivity index (χ0v) is 11.5. The molecule has 4 nitrogen and oxygen atoms in total. The van der Waals surface area contributed by atoms with Crippen LogP contribution in [0.1, 0.15) is 56.0 Å². The second-order valence-corrected chi connectivity index (χ2v) is 4.80. The molecule has 100 valence electrons. The first-order valence-electron chi connectivity index (χ1n) is 6.94. The molecule has 19 heavy (non-hydrogen) atoms. The van der Waals surface area contributed by atoms with Gasteiger partial charge in [0.05, 0.1) is 11.7 Å². The van der Waals surface area contributed by atoms with Gasteiger partial charge < -0.3 is 0 Å². The molecule has 1 unspecified atom stereocenters. The van der Waals surface area contributed by atoms with Crippen molar-refractivity contribution in [2.75, 3.05) is 0 Å². The van der Waals surface area contributed by atoms with Crippen LogP contribution in [0, 0.1) is 11.3 Å². The molecule has 0 spiro atoms. The lowest BCUT2D eigenvalue weighted by Crippen LogP contribution is -2.32. The maximum atomic E-state index is 12.4. The number of allylic oxidation sites excluding steroid dienone is 2. The Morgan fingerprint density at radius 2 is 2.26 bits per heavy atom. The molecule has 0 fully saturated rings. The van der Waals surface area contributed by atoms with Crippen LogP contribution < -0.4 is 5.56 Å². The van der Waals surface area contributed by atoms with Crippen LogP contribution >= 0.6 is 0 Å². The summed E-state index contributed by atoms with van der Waals surface area (Å²) in [7, 11) is 0. The average Bonchev–Trinajstić information content (AvgIpc) is 2.47. The molecule has 1 heterocycles. The van der Waals surface area contributed by atoms with Crippen molar-refractivity contribution in [1.29, 1.82) is 5.26 Å². The minimum absolute atomic E-state index is 0.00422. The molecule has 0 radical (unpaired) electrons. The monoisotopic (exact) mass is 257 g/mol. The molecular weight excluding hydrogens is 238 g/mol. The van der Waals surface area contributed by atoms with Gasteiger partial charge in [0.1, 0.15) is 11.6 Å². The normalized spacial score (nSPS) is 18.3. The largest absolute Gasteiger partial charge is 0.285 e. The topological polar surface area (TPSA) is 58.7 Å². The maximum Gasteiger partial charge on any atom is 0.285 e. The summed E-state index contributed by atoms with van der Waals surface area (Å²) in [6.45, 7) is 3.97. The second kappa shape index (κ2) is 5.83. The number of hydrogen-bond acceptors (Lipinski definition) is 3. The molecule has 2 rings (SSSR count). The molecule has 0 saturated carbocycles. The van der Waals surface area contributed by atoms with E-state index >= 15 is 0 Å². The van der Waals surface area contributed by atoms with E-state index in [1.54, 1.807) is 0 Å². The number of rotatable bonds is 3. The van der Waals surface area contributed by atoms with Crippen LogP contribution in [-0.2, 0) is 12.8 Å². The van der Waals surface area contributed by atoms with Gasteiger partial charge in [-0.1, -0.05) is 26.0 Å². The van der Waals surface area contributed by atoms with Gasteiger partial charge in [-0.3, -0.25) is 4.79 Å². The first-order chi connectivity index (χ1) is 9.22. The van der Waals surface area contributed by atoms with Gasteiger partial charge in [0.25, 0.3) is 5.56 Å². The number of hydrogen-bond donors (Lipinski definition) is 0. The Bertz CT molecular complexity index is 593. The fourth-order valence-electron chi connectivity index (χ4n) is 2.63. The van der Waals surface area contributed by atoms with Gasteiger partial charge in [-0.15, -0.1) is 0 Å². The van der Waals surface area contributed by atoms with E-state index in [1.807, 2.05) is 19.9 Å². The van der Waals surface area contributed by atoms with Crippen molar-refractivity contribution in [1.82, 2.24) is 9.78 Å². The van der Waals surface area contributed by atoms with Gasteiger partial charge in [0, 0.05) is 0 Å². The summed E-state index contributed by atoms with van der Waals surface area (Å²) in [5.74, 6) is 0. The average molecular weight is 257 g/mol. The molecule has 1 aromatic heterocycles. The van der Waals surface area contributed by atoms with E-state index in [9.17, 15) is 10.1 Å². The van der Waals surface area contributed by atoms with Crippen LogP contribution in [0.4, 0.5) is 0 Å². The summed E-state index contributed by atoms with van der Waals surface area (Å²) < 4.78 is 1.51. The molecule has 0 amide bonds. The molecule has 0 N–H and O–H groups in total. The highest BCUT2D eigenvalue weighted by atomic mass is 16.1. The number of nitrogens with zero attached hydrogens (tertiary/aromatic N) is 3. The zero-order valence-electron chi connectivity index (χ0n) is 11.5. The van der Waals surface area contributed by atoms with E-state index in [0.29, 0.717) is 6.42 Å². The van der Waals surface area contributed by atoms with Crippen molar-refractivity contribution in [3.8, 4) is 6.07 Å². The van der Waals surface area contributed by atoms with Crippen molar-refractivity contribution in [3.63, 3.8) is 0 Å². The Kier molecular flexibility index (Phi) is 4.16. The molecule has 1 aliphatic carbocycles. The van der Waals surface area contributed by atoms with Crippen LogP contribution in [0.5, 0.6) is 0 Å². The minimum atomic E-state index is -0.242. The van der Waals surface area contributed by atoms with Crippen molar-refractivity contribution >= 4 is 0 Å². The quantitative estimate of drug-likeness (QED) is 0.782. The van der Waals surface area contributed by atoms with Gasteiger partial charge in [0.15, 0.2) is 0 Å². The molecule has 1 atom stereocenters. The van der Waals surface area contributed by atoms with Crippen molar-refractivity contribution in [2.45, 2.75) is 52.0 Å². The van der Waals surface area contributed by atoms with E-state index in [0.717, 1.165) is 36.9 Å². The number of aromatic nitrogens is 2. The molecule has 0 aromatic carbocycles. The van der Waals surface area contributed by atoms with Crippen molar-refractivity contribution in [3.05, 3.63) is 39.3 Å². The summed E-state index contributed by atoms with van der Waals surface area (Å²) in [5, 5.41) is 13.8. The molecular formula is C15H19N3O. The van der Waals surface area contributed by atoms with Gasteiger partial charge in [0.2, 0.25) is 0 Å². The third-order valence-corrected chi connectivity index (χ3v) is 3.64. The van der Waals surface area contributed by atoms with Crippen LogP contribution in [-0.4, -0.2) is 9.78 Å². The standard InChI is InChI=1S/C15H19N3O/c1-3-12-13(10-16)15(19)18(17-14(12)4-2)11-8-6-5-7-9-11/h6,8,11H,3-5,7,9H2,1-2H3. The summed E-state index contributed by atoms with van der Waals surface area (Å²) in [6.07, 6.45) is 8.59. The molecule has 4 heteroatoms. The van der Waals surface area contributed by atoms with E-state index < -0.39 is 0 Å². The molecule has 1 aromatic rings. The Labute approximate surface area is 113 Å². The first-order valence-corrected chi connectivity index (χ1v) is 6.94. The van der Waals surface area contributed by atoms with Crippen LogP contribution in [0.3, 0.4) is 0 Å². The fraction of sp³-hybridized carbons (Fsp3) is 0.533. The molecule has 0 bridgehead atoms. The Morgan fingerprint density at radius 3 is 2.79 bits per heavy atom. The van der Waals surface area contributed by atoms with Crippen LogP contribution in [0.2, 0.25) is 0 Å². The summed E-state index contributed by atoms with van der Waals surface area (Å²) in [5.41, 5.74) is 1.71. The Balaban J connectivity index is 2.63. The third kappa shape index (κ3) is 2.46. The molecule has 0 aliphatic heterocycles. The predicted molar refractivity (Wildman–Crippen MR) is 74.0 cm³/mol. The zero-order chi connectivity index (χ0) is 13.8. The lowest BCUT2D eigenvalue weighted by molar-refractivity contribution is 0.446. The highest BCUT2D eigenvalue weighted by Crippen LogP contribution is 2.21. The highest BCUT2D eigenvalue weighted by molar-refractivity contribution is 5.38. The second-order valence-electron chi connectivity index (χ2n) is 4.80. The third-order valence-electron chi connectivity index (χ3n) is 3.64. The summed E-state index contributed by atoms with van der Waals surface area (Å²) >= 11 is 0. The lowest BCUT2D eigenvalue weighted by Gasteiger charge is -2.20. The Morgan fingerprint density at radius 1 is 1.47 bits per heavy atom. The number of aryl methyl sites for hydroxylation is 1. The predicted octanol–water partition coefficient (Wildman–Crippen LogP) is 2.52. The minimum Gasteiger partial charge on any atom is -0.266 e. The number of nitriles is 1. The van der Waals surface area contributed by atoms with Crippen LogP contribution in [0.25, 0.3) is 0 Å². The van der Waals surface area contributed by atoms with E-state index in [2.05, 4.69) is 17.2 Å². The maximum absolute atomic E-state index is 12.4. The van der Waals surface area contributed by atoms with E-state index in [-0.39, 0.29) is 17.2 Å².